The molecule has 0 saturated carbocycles. The van der Waals surface area contributed by atoms with Crippen molar-refractivity contribution in [1.29, 1.82) is 0 Å². The Balaban J connectivity index is 1.71. The Morgan fingerprint density at radius 2 is 1.77 bits per heavy atom. The zero-order valence-electron chi connectivity index (χ0n) is 14.5. The first-order valence-electron chi connectivity index (χ1n) is 8.84. The van der Waals surface area contributed by atoms with Gasteiger partial charge >= 0.3 is 0 Å². The fourth-order valence-corrected chi connectivity index (χ4v) is 3.66. The molecule has 0 spiro atoms. The maximum atomic E-state index is 13.1. The van der Waals surface area contributed by atoms with Crippen molar-refractivity contribution in [2.75, 3.05) is 13.1 Å². The molecule has 1 fully saturated rings. The van der Waals surface area contributed by atoms with Crippen LogP contribution in [0, 0.1) is 5.92 Å². The molecule has 0 aliphatic carbocycles. The van der Waals surface area contributed by atoms with Crippen LogP contribution < -0.4 is 5.73 Å². The number of hydrogen-bond donors (Lipinski definition) is 1. The summed E-state index contributed by atoms with van der Waals surface area (Å²) in [6.07, 6.45) is 0.639. The molecule has 2 aromatic carbocycles. The third-order valence-electron chi connectivity index (χ3n) is 5.09. The third kappa shape index (κ3) is 2.96. The predicted octanol–water partition coefficient (Wildman–Crippen LogP) is 2.64. The summed E-state index contributed by atoms with van der Waals surface area (Å²) in [5, 5.41) is 1.04. The van der Waals surface area contributed by atoms with Crippen LogP contribution in [0.4, 0.5) is 0 Å². The van der Waals surface area contributed by atoms with Gasteiger partial charge in [-0.15, -0.1) is 0 Å². The number of likely N-dealkylation sites (tertiary alicyclic amines) is 1. The summed E-state index contributed by atoms with van der Waals surface area (Å²) in [4.78, 5) is 26.3. The molecule has 5 nitrogen and oxygen atoms in total. The Morgan fingerprint density at radius 3 is 2.50 bits per heavy atom. The molecule has 0 radical (unpaired) electrons. The van der Waals surface area contributed by atoms with E-state index in [1.807, 2.05) is 48.5 Å². The number of primary amides is 1. The van der Waals surface area contributed by atoms with Gasteiger partial charge in [0.25, 0.3) is 5.91 Å². The molecule has 3 aromatic rings. The number of carbonyl (C=O) groups excluding carboxylic acids is 2. The Bertz CT molecular complexity index is 962. The van der Waals surface area contributed by atoms with Crippen LogP contribution in [0.2, 0.25) is 0 Å². The minimum atomic E-state index is -0.329. The largest absolute Gasteiger partial charge is 0.369 e. The highest BCUT2D eigenvalue weighted by Crippen LogP contribution is 2.25. The average molecular weight is 347 g/mol. The molecule has 1 aromatic heterocycles. The van der Waals surface area contributed by atoms with Gasteiger partial charge in [-0.2, -0.15) is 0 Å². The van der Waals surface area contributed by atoms with Crippen LogP contribution in [-0.2, 0) is 11.3 Å². The molecule has 2 heterocycles. The predicted molar refractivity (Wildman–Crippen MR) is 101 cm³/mol. The van der Waals surface area contributed by atoms with E-state index in [-0.39, 0.29) is 17.7 Å². The number of amides is 2. The Morgan fingerprint density at radius 1 is 1.04 bits per heavy atom. The van der Waals surface area contributed by atoms with Crippen molar-refractivity contribution >= 4 is 22.7 Å². The van der Waals surface area contributed by atoms with E-state index in [1.165, 1.54) is 0 Å². The molecule has 5 heteroatoms. The molecule has 1 atom stereocenters. The first-order chi connectivity index (χ1) is 12.6. The van der Waals surface area contributed by atoms with Crippen LogP contribution in [0.5, 0.6) is 0 Å². The van der Waals surface area contributed by atoms with E-state index in [0.29, 0.717) is 31.7 Å². The van der Waals surface area contributed by atoms with Crippen molar-refractivity contribution in [2.24, 2.45) is 11.7 Å². The van der Waals surface area contributed by atoms with Gasteiger partial charge in [-0.3, -0.25) is 9.59 Å². The van der Waals surface area contributed by atoms with Gasteiger partial charge in [-0.1, -0.05) is 48.5 Å². The third-order valence-corrected chi connectivity index (χ3v) is 5.09. The minimum Gasteiger partial charge on any atom is -0.369 e. The number of nitrogens with two attached hydrogens (primary N) is 1. The van der Waals surface area contributed by atoms with Crippen LogP contribution in [-0.4, -0.2) is 34.4 Å². The van der Waals surface area contributed by atoms with Gasteiger partial charge < -0.3 is 15.2 Å². The highest BCUT2D eigenvalue weighted by atomic mass is 16.2. The SMILES string of the molecule is NC(=O)C1CCN(C(=O)c2cc3ccccc3n2Cc2ccccc2)C1. The summed E-state index contributed by atoms with van der Waals surface area (Å²) in [7, 11) is 0. The van der Waals surface area contributed by atoms with Crippen molar-refractivity contribution in [3.8, 4) is 0 Å². The van der Waals surface area contributed by atoms with E-state index in [4.69, 9.17) is 5.73 Å². The lowest BCUT2D eigenvalue weighted by Gasteiger charge is -2.18. The number of hydrogen-bond acceptors (Lipinski definition) is 2. The van der Waals surface area contributed by atoms with Gasteiger partial charge in [-0.25, -0.2) is 0 Å². The molecule has 1 unspecified atom stereocenters. The van der Waals surface area contributed by atoms with E-state index >= 15 is 0 Å². The van der Waals surface area contributed by atoms with Gasteiger partial charge in [0, 0.05) is 30.5 Å². The van der Waals surface area contributed by atoms with E-state index < -0.39 is 0 Å². The van der Waals surface area contributed by atoms with Gasteiger partial charge in [0.2, 0.25) is 5.91 Å². The lowest BCUT2D eigenvalue weighted by Crippen LogP contribution is -2.33. The van der Waals surface area contributed by atoms with Gasteiger partial charge in [-0.05, 0) is 24.1 Å². The first kappa shape index (κ1) is 16.4. The monoisotopic (exact) mass is 347 g/mol. The molecular formula is C21H21N3O2. The number of para-hydroxylation sites is 1. The number of rotatable bonds is 4. The summed E-state index contributed by atoms with van der Waals surface area (Å²) in [6.45, 7) is 1.60. The highest BCUT2D eigenvalue weighted by molar-refractivity contribution is 5.99. The number of aromatic nitrogens is 1. The first-order valence-corrected chi connectivity index (χ1v) is 8.84. The zero-order valence-corrected chi connectivity index (χ0v) is 14.5. The second-order valence-electron chi connectivity index (χ2n) is 6.80. The summed E-state index contributed by atoms with van der Waals surface area (Å²) >= 11 is 0. The number of carbonyl (C=O) groups is 2. The summed E-state index contributed by atoms with van der Waals surface area (Å²) < 4.78 is 2.06. The van der Waals surface area contributed by atoms with Crippen molar-refractivity contribution in [3.63, 3.8) is 0 Å². The Kier molecular flexibility index (Phi) is 4.21. The highest BCUT2D eigenvalue weighted by Gasteiger charge is 2.31. The van der Waals surface area contributed by atoms with Gasteiger partial charge in [0.1, 0.15) is 5.69 Å². The van der Waals surface area contributed by atoms with Crippen LogP contribution in [0.25, 0.3) is 10.9 Å². The van der Waals surface area contributed by atoms with E-state index in [9.17, 15) is 9.59 Å². The number of benzene rings is 2. The van der Waals surface area contributed by atoms with E-state index in [1.54, 1.807) is 4.90 Å². The number of fused-ring (bicyclic) bond motifs is 1. The van der Waals surface area contributed by atoms with E-state index in [0.717, 1.165) is 16.5 Å². The summed E-state index contributed by atoms with van der Waals surface area (Å²) in [5.74, 6) is -0.614. The Labute approximate surface area is 152 Å². The standard InChI is InChI=1S/C21H21N3O2/c22-20(25)17-10-11-23(14-17)21(26)19-12-16-8-4-5-9-18(16)24(19)13-15-6-2-1-3-7-15/h1-9,12,17H,10-11,13-14H2,(H2,22,25). The zero-order chi connectivity index (χ0) is 18.1. The van der Waals surface area contributed by atoms with Crippen molar-refractivity contribution < 1.29 is 9.59 Å². The minimum absolute atomic E-state index is 0.0409. The maximum absolute atomic E-state index is 13.1. The molecule has 4 rings (SSSR count). The Hall–Kier alpha value is -3.08. The lowest BCUT2D eigenvalue weighted by molar-refractivity contribution is -0.121. The van der Waals surface area contributed by atoms with Crippen molar-refractivity contribution in [1.82, 2.24) is 9.47 Å². The fraction of sp³-hybridized carbons (Fsp3) is 0.238. The normalized spacial score (nSPS) is 16.9. The molecule has 2 amide bonds. The molecule has 1 aliphatic heterocycles. The maximum Gasteiger partial charge on any atom is 0.270 e. The van der Waals surface area contributed by atoms with Crippen LogP contribution in [0.3, 0.4) is 0 Å². The molecule has 26 heavy (non-hydrogen) atoms. The topological polar surface area (TPSA) is 68.3 Å². The van der Waals surface area contributed by atoms with E-state index in [2.05, 4.69) is 16.7 Å². The van der Waals surface area contributed by atoms with Crippen LogP contribution in [0.15, 0.2) is 60.7 Å². The quantitative estimate of drug-likeness (QED) is 0.788. The van der Waals surface area contributed by atoms with Crippen molar-refractivity contribution in [3.05, 3.63) is 71.9 Å². The number of nitrogens with zero attached hydrogens (tertiary/aromatic N) is 2. The molecule has 132 valence electrons. The smallest absolute Gasteiger partial charge is 0.270 e. The molecular weight excluding hydrogens is 326 g/mol. The molecule has 2 N–H and O–H groups in total. The molecule has 1 saturated heterocycles. The summed E-state index contributed by atoms with van der Waals surface area (Å²) in [5.41, 5.74) is 8.23. The van der Waals surface area contributed by atoms with Crippen molar-refractivity contribution in [2.45, 2.75) is 13.0 Å². The molecule has 1 aliphatic rings. The second-order valence-corrected chi connectivity index (χ2v) is 6.80. The molecule has 0 bridgehead atoms. The van der Waals surface area contributed by atoms with Gasteiger partial charge in [0.15, 0.2) is 0 Å². The van der Waals surface area contributed by atoms with Crippen LogP contribution in [0.1, 0.15) is 22.5 Å². The van der Waals surface area contributed by atoms with Gasteiger partial charge in [0.05, 0.1) is 5.92 Å². The summed E-state index contributed by atoms with van der Waals surface area (Å²) in [6, 6.07) is 20.1. The second kappa shape index (κ2) is 6.67. The fourth-order valence-electron chi connectivity index (χ4n) is 3.66. The van der Waals surface area contributed by atoms with Crippen LogP contribution >= 0.6 is 0 Å². The lowest BCUT2D eigenvalue weighted by atomic mass is 10.1. The average Bonchev–Trinajstić information content (AvgIpc) is 3.28.